The lowest BCUT2D eigenvalue weighted by Gasteiger charge is -2.15. The fraction of sp³-hybridized carbons (Fsp3) is 0.240. The van der Waals surface area contributed by atoms with Gasteiger partial charge in [-0.25, -0.2) is 0 Å². The van der Waals surface area contributed by atoms with Crippen molar-refractivity contribution >= 4 is 28.7 Å². The van der Waals surface area contributed by atoms with Crippen LogP contribution in [0.25, 0.3) is 0 Å². The van der Waals surface area contributed by atoms with Crippen LogP contribution >= 0.6 is 0 Å². The Morgan fingerprint density at radius 1 is 1.09 bits per heavy atom. The Morgan fingerprint density at radius 2 is 1.82 bits per heavy atom. The molecule has 3 aromatic rings. The molecule has 3 heterocycles. The van der Waals surface area contributed by atoms with E-state index < -0.39 is 10.8 Å². The van der Waals surface area contributed by atoms with Crippen LogP contribution < -0.4 is 5.32 Å². The second kappa shape index (κ2) is 8.91. The molecule has 0 spiro atoms. The van der Waals surface area contributed by atoms with E-state index in [1.807, 2.05) is 24.3 Å². The highest BCUT2D eigenvalue weighted by Crippen LogP contribution is 2.38. The zero-order valence-corrected chi connectivity index (χ0v) is 18.0. The quantitative estimate of drug-likeness (QED) is 0.346. The molecule has 0 aliphatic carbocycles. The Morgan fingerprint density at radius 3 is 2.52 bits per heavy atom. The predicted molar refractivity (Wildman–Crippen MR) is 126 cm³/mol. The highest BCUT2D eigenvalue weighted by atomic mass is 16.6. The molecule has 8 nitrogen and oxygen atoms in total. The van der Waals surface area contributed by atoms with Crippen LogP contribution in [0.4, 0.5) is 17.1 Å². The molecule has 1 unspecified atom stereocenters. The molecular formula is C25H23N5O3. The lowest BCUT2D eigenvalue weighted by Crippen LogP contribution is -2.22. The third-order valence-corrected chi connectivity index (χ3v) is 6.12. The third-order valence-electron chi connectivity index (χ3n) is 6.12. The van der Waals surface area contributed by atoms with Crippen LogP contribution in [0.15, 0.2) is 72.0 Å². The van der Waals surface area contributed by atoms with E-state index >= 15 is 0 Å². The topological polar surface area (TPSA) is 101 Å². The van der Waals surface area contributed by atoms with E-state index in [1.165, 1.54) is 30.5 Å². The number of likely N-dealkylation sites (tertiary alicyclic amines) is 1. The smallest absolute Gasteiger partial charge is 0.271 e. The molecule has 1 saturated heterocycles. The summed E-state index contributed by atoms with van der Waals surface area (Å²) in [5.74, 6) is -0.931. The molecular weight excluding hydrogens is 418 g/mol. The van der Waals surface area contributed by atoms with E-state index in [9.17, 15) is 14.9 Å². The lowest BCUT2D eigenvalue weighted by atomic mass is 9.91. The summed E-state index contributed by atoms with van der Waals surface area (Å²) in [6.07, 6.45) is 5.83. The van der Waals surface area contributed by atoms with Crippen molar-refractivity contribution in [3.63, 3.8) is 0 Å². The standard InChI is InChI=1S/C25H23N5O3/c31-25-23(21-8-7-20(30(32)33)15-22(21)28-25)24(18-9-11-26-12-10-18)27-19-5-3-17(4-6-19)16-29-13-1-2-14-29/h3-12,15,23H,1-2,13-14,16H2,(H,28,31). The highest BCUT2D eigenvalue weighted by Gasteiger charge is 2.36. The molecule has 33 heavy (non-hydrogen) atoms. The molecule has 5 rings (SSSR count). The first-order chi connectivity index (χ1) is 16.1. The summed E-state index contributed by atoms with van der Waals surface area (Å²) in [5.41, 5.74) is 4.39. The molecule has 166 valence electrons. The molecule has 8 heteroatoms. The molecule has 2 aromatic carbocycles. The summed E-state index contributed by atoms with van der Waals surface area (Å²) in [6.45, 7) is 3.21. The number of amides is 1. The van der Waals surface area contributed by atoms with Gasteiger partial charge in [0.05, 0.1) is 22.0 Å². The molecule has 2 aliphatic rings. The summed E-state index contributed by atoms with van der Waals surface area (Å²) < 4.78 is 0. The summed E-state index contributed by atoms with van der Waals surface area (Å²) in [4.78, 5) is 35.1. The van der Waals surface area contributed by atoms with E-state index in [4.69, 9.17) is 4.99 Å². The second-order valence-corrected chi connectivity index (χ2v) is 8.33. The van der Waals surface area contributed by atoms with Gasteiger partial charge in [0.1, 0.15) is 5.92 Å². The van der Waals surface area contributed by atoms with Crippen molar-refractivity contribution in [2.75, 3.05) is 18.4 Å². The van der Waals surface area contributed by atoms with Crippen LogP contribution in [0, 0.1) is 10.1 Å². The van der Waals surface area contributed by atoms with Gasteiger partial charge in [0, 0.05) is 36.6 Å². The van der Waals surface area contributed by atoms with Crippen LogP contribution in [-0.4, -0.2) is 39.5 Å². The van der Waals surface area contributed by atoms with Gasteiger partial charge in [-0.05, 0) is 67.4 Å². The van der Waals surface area contributed by atoms with Gasteiger partial charge in [0.15, 0.2) is 0 Å². The van der Waals surface area contributed by atoms with Crippen LogP contribution in [0.3, 0.4) is 0 Å². The number of nitro groups is 1. The molecule has 0 radical (unpaired) electrons. The molecule has 1 N–H and O–H groups in total. The largest absolute Gasteiger partial charge is 0.325 e. The maximum Gasteiger partial charge on any atom is 0.271 e. The Bertz CT molecular complexity index is 1220. The first-order valence-electron chi connectivity index (χ1n) is 11.0. The third kappa shape index (κ3) is 4.38. The number of non-ortho nitro benzene ring substituents is 1. The lowest BCUT2D eigenvalue weighted by molar-refractivity contribution is -0.384. The fourth-order valence-corrected chi connectivity index (χ4v) is 4.47. The van der Waals surface area contributed by atoms with Gasteiger partial charge in [-0.1, -0.05) is 12.1 Å². The first-order valence-corrected chi connectivity index (χ1v) is 11.0. The van der Waals surface area contributed by atoms with Crippen LogP contribution in [-0.2, 0) is 11.3 Å². The number of hydrogen-bond acceptors (Lipinski definition) is 6. The van der Waals surface area contributed by atoms with E-state index in [-0.39, 0.29) is 11.6 Å². The second-order valence-electron chi connectivity index (χ2n) is 8.33. The van der Waals surface area contributed by atoms with Crippen molar-refractivity contribution in [3.8, 4) is 0 Å². The molecule has 1 amide bonds. The number of carbonyl (C=O) groups is 1. The molecule has 1 aromatic heterocycles. The molecule has 1 fully saturated rings. The Kier molecular flexibility index (Phi) is 5.66. The number of hydrogen-bond donors (Lipinski definition) is 1. The number of aliphatic imine (C=N–C) groups is 1. The van der Waals surface area contributed by atoms with Crippen molar-refractivity contribution in [2.45, 2.75) is 25.3 Å². The van der Waals surface area contributed by atoms with Crippen molar-refractivity contribution in [2.24, 2.45) is 4.99 Å². The number of nitrogens with one attached hydrogen (secondary N) is 1. The van der Waals surface area contributed by atoms with Gasteiger partial charge in [-0.15, -0.1) is 0 Å². The van der Waals surface area contributed by atoms with Gasteiger partial charge in [0.25, 0.3) is 5.69 Å². The number of rotatable bonds is 6. The number of aromatic nitrogens is 1. The van der Waals surface area contributed by atoms with Crippen molar-refractivity contribution < 1.29 is 9.72 Å². The van der Waals surface area contributed by atoms with Gasteiger partial charge in [-0.2, -0.15) is 0 Å². The molecule has 1 atom stereocenters. The van der Waals surface area contributed by atoms with Crippen LogP contribution in [0.1, 0.15) is 35.4 Å². The highest BCUT2D eigenvalue weighted by molar-refractivity contribution is 6.24. The number of anilines is 1. The van der Waals surface area contributed by atoms with Crippen LogP contribution in [0.5, 0.6) is 0 Å². The maximum atomic E-state index is 13.0. The van der Waals surface area contributed by atoms with Crippen molar-refractivity contribution in [1.82, 2.24) is 9.88 Å². The van der Waals surface area contributed by atoms with Crippen LogP contribution in [0.2, 0.25) is 0 Å². The number of pyridine rings is 1. The van der Waals surface area contributed by atoms with E-state index in [0.717, 1.165) is 30.9 Å². The molecule has 2 aliphatic heterocycles. The fourth-order valence-electron chi connectivity index (χ4n) is 4.47. The van der Waals surface area contributed by atoms with Gasteiger partial charge >= 0.3 is 0 Å². The monoisotopic (exact) mass is 441 g/mol. The normalized spacial score (nSPS) is 18.2. The van der Waals surface area contributed by atoms with Crippen molar-refractivity contribution in [3.05, 3.63) is 93.8 Å². The summed E-state index contributed by atoms with van der Waals surface area (Å²) in [7, 11) is 0. The SMILES string of the molecule is O=C1Nc2cc([N+](=O)[O-])ccc2C1C(=Nc1ccc(CN2CCCC2)cc1)c1ccncc1. The Hall–Kier alpha value is -3.91. The summed E-state index contributed by atoms with van der Waals surface area (Å²) in [6, 6.07) is 16.2. The van der Waals surface area contributed by atoms with Crippen molar-refractivity contribution in [1.29, 1.82) is 0 Å². The van der Waals surface area contributed by atoms with Gasteiger partial charge < -0.3 is 5.32 Å². The summed E-state index contributed by atoms with van der Waals surface area (Å²) in [5, 5.41) is 13.9. The Balaban J connectivity index is 1.51. The van der Waals surface area contributed by atoms with E-state index in [2.05, 4.69) is 27.3 Å². The van der Waals surface area contributed by atoms with Gasteiger partial charge in [-0.3, -0.25) is 29.8 Å². The van der Waals surface area contributed by atoms with E-state index in [1.54, 1.807) is 18.5 Å². The molecule has 0 saturated carbocycles. The number of nitrogens with zero attached hydrogens (tertiary/aromatic N) is 4. The molecule has 0 bridgehead atoms. The minimum atomic E-state index is -0.674. The Labute approximate surface area is 191 Å². The number of benzene rings is 2. The summed E-state index contributed by atoms with van der Waals surface area (Å²) >= 11 is 0. The van der Waals surface area contributed by atoms with Gasteiger partial charge in [0.2, 0.25) is 5.91 Å². The zero-order chi connectivity index (χ0) is 22.8. The zero-order valence-electron chi connectivity index (χ0n) is 18.0. The maximum absolute atomic E-state index is 13.0. The van der Waals surface area contributed by atoms with E-state index in [0.29, 0.717) is 17.0 Å². The first kappa shape index (κ1) is 21.0. The number of nitro benzene ring substituents is 1. The predicted octanol–water partition coefficient (Wildman–Crippen LogP) is 4.44. The average Bonchev–Trinajstić information content (AvgIpc) is 3.45. The average molecular weight is 441 g/mol. The minimum absolute atomic E-state index is 0.0642. The number of carbonyl (C=O) groups excluding carboxylic acids is 1. The minimum Gasteiger partial charge on any atom is -0.325 e. The number of fused-ring (bicyclic) bond motifs is 1.